The lowest BCUT2D eigenvalue weighted by atomic mass is 9.49. The van der Waals surface area contributed by atoms with Gasteiger partial charge in [0.2, 0.25) is 0 Å². The molecule has 0 aliphatic heterocycles. The molecule has 0 unspecified atom stereocenters. The highest BCUT2D eigenvalue weighted by atomic mass is 79.9. The highest BCUT2D eigenvalue weighted by Crippen LogP contribution is 2.58. The first kappa shape index (κ1) is 14.5. The molecule has 0 saturated heterocycles. The lowest BCUT2D eigenvalue weighted by Gasteiger charge is -2.55. The van der Waals surface area contributed by atoms with Crippen LogP contribution in [0.15, 0.2) is 45.5 Å². The molecule has 1 aromatic rings. The Morgan fingerprint density at radius 1 is 1.43 bits per heavy atom. The predicted molar refractivity (Wildman–Crippen MR) is 88.2 cm³/mol. The molecular weight excluding hydrogens is 328 g/mol. The topological polar surface area (TPSA) is 41.5 Å². The molecule has 1 amide bonds. The smallest absolute Gasteiger partial charge is 0.267 e. The van der Waals surface area contributed by atoms with Crippen LogP contribution in [0.1, 0.15) is 37.0 Å². The van der Waals surface area contributed by atoms with E-state index in [1.165, 1.54) is 12.0 Å². The van der Waals surface area contributed by atoms with Gasteiger partial charge in [-0.05, 0) is 63.7 Å². The van der Waals surface area contributed by atoms with Crippen molar-refractivity contribution in [2.75, 3.05) is 0 Å². The number of benzene rings is 1. The van der Waals surface area contributed by atoms with Crippen molar-refractivity contribution in [1.82, 2.24) is 5.43 Å². The van der Waals surface area contributed by atoms with E-state index in [1.54, 1.807) is 6.07 Å². The third-order valence-corrected chi connectivity index (χ3v) is 5.70. The number of allylic oxidation sites excluding steroid dienone is 2. The van der Waals surface area contributed by atoms with Crippen LogP contribution in [0.5, 0.6) is 0 Å². The van der Waals surface area contributed by atoms with Crippen molar-refractivity contribution in [2.24, 2.45) is 22.4 Å². The van der Waals surface area contributed by atoms with Crippen molar-refractivity contribution >= 4 is 28.1 Å². The number of amides is 1. The van der Waals surface area contributed by atoms with Crippen LogP contribution in [-0.2, 0) is 0 Å². The number of halogens is 1. The molecule has 4 rings (SSSR count). The molecule has 3 aliphatic rings. The molecule has 1 saturated carbocycles. The van der Waals surface area contributed by atoms with Gasteiger partial charge in [-0.25, -0.2) is 5.43 Å². The number of carbonyl (C=O) groups is 1. The van der Waals surface area contributed by atoms with Gasteiger partial charge >= 0.3 is 0 Å². The summed E-state index contributed by atoms with van der Waals surface area (Å²) in [4.78, 5) is 12.1. The van der Waals surface area contributed by atoms with E-state index in [0.29, 0.717) is 16.9 Å². The van der Waals surface area contributed by atoms with Gasteiger partial charge in [-0.15, -0.1) is 0 Å². The first-order valence-corrected chi connectivity index (χ1v) is 8.07. The third-order valence-electron chi connectivity index (χ3n) is 5.01. The molecule has 1 aromatic carbocycles. The quantitative estimate of drug-likeness (QED) is 0.648. The molecule has 3 aliphatic carbocycles. The van der Waals surface area contributed by atoms with E-state index in [1.807, 2.05) is 24.4 Å². The van der Waals surface area contributed by atoms with Crippen molar-refractivity contribution in [1.29, 1.82) is 0 Å². The number of hydrogen-bond donors (Lipinski definition) is 1. The van der Waals surface area contributed by atoms with Crippen LogP contribution in [0.25, 0.3) is 0 Å². The first-order valence-electron chi connectivity index (χ1n) is 7.28. The molecule has 0 heterocycles. The average Bonchev–Trinajstić information content (AvgIpc) is 2.47. The Morgan fingerprint density at radius 3 is 2.86 bits per heavy atom. The van der Waals surface area contributed by atoms with E-state index in [2.05, 4.69) is 46.4 Å². The van der Waals surface area contributed by atoms with Crippen molar-refractivity contribution in [3.05, 3.63) is 46.0 Å². The largest absolute Gasteiger partial charge is 0.272 e. The van der Waals surface area contributed by atoms with Crippen LogP contribution >= 0.6 is 15.9 Å². The molecule has 2 bridgehead atoms. The van der Waals surface area contributed by atoms with Gasteiger partial charge in [0.1, 0.15) is 0 Å². The molecule has 21 heavy (non-hydrogen) atoms. The number of hydrogen-bond acceptors (Lipinski definition) is 2. The van der Waals surface area contributed by atoms with Crippen molar-refractivity contribution in [3.8, 4) is 0 Å². The maximum Gasteiger partial charge on any atom is 0.272 e. The van der Waals surface area contributed by atoms with Gasteiger partial charge in [0.05, 0.1) is 11.8 Å². The van der Waals surface area contributed by atoms with Crippen LogP contribution < -0.4 is 5.43 Å². The Labute approximate surface area is 133 Å². The highest BCUT2D eigenvalue weighted by molar-refractivity contribution is 9.10. The van der Waals surface area contributed by atoms with Crippen molar-refractivity contribution in [2.45, 2.75) is 26.7 Å². The summed E-state index contributed by atoms with van der Waals surface area (Å²) in [5.41, 5.74) is 4.84. The summed E-state index contributed by atoms with van der Waals surface area (Å²) in [6.45, 7) is 4.65. The SMILES string of the molecule is CC1(C)[C@H]2CC=C(/C=N\NC(=O)c3ccccc3Br)[C@@H]1C2. The second-order valence-electron chi connectivity index (χ2n) is 6.43. The Bertz CT molecular complexity index is 633. The fraction of sp³-hybridized carbons (Fsp3) is 0.412. The Balaban J connectivity index is 1.65. The first-order chi connectivity index (χ1) is 10.00. The van der Waals surface area contributed by atoms with Gasteiger partial charge in [-0.2, -0.15) is 5.10 Å². The normalized spacial score (nSPS) is 26.1. The Morgan fingerprint density at radius 2 is 2.19 bits per heavy atom. The van der Waals surface area contributed by atoms with E-state index >= 15 is 0 Å². The second kappa shape index (κ2) is 5.41. The van der Waals surface area contributed by atoms with Crippen molar-refractivity contribution < 1.29 is 4.79 Å². The summed E-state index contributed by atoms with van der Waals surface area (Å²) in [7, 11) is 0. The maximum atomic E-state index is 12.1. The van der Waals surface area contributed by atoms with Crippen LogP contribution in [0.2, 0.25) is 0 Å². The van der Waals surface area contributed by atoms with Crippen LogP contribution in [0.4, 0.5) is 0 Å². The van der Waals surface area contributed by atoms with E-state index in [-0.39, 0.29) is 5.91 Å². The summed E-state index contributed by atoms with van der Waals surface area (Å²) in [5, 5.41) is 4.14. The van der Waals surface area contributed by atoms with Gasteiger partial charge in [0, 0.05) is 4.47 Å². The zero-order chi connectivity index (χ0) is 15.0. The molecule has 0 radical (unpaired) electrons. The van der Waals surface area contributed by atoms with Crippen molar-refractivity contribution in [3.63, 3.8) is 0 Å². The lowest BCUT2D eigenvalue weighted by Crippen LogP contribution is -2.48. The Hall–Kier alpha value is -1.42. The molecule has 2 atom stereocenters. The zero-order valence-electron chi connectivity index (χ0n) is 12.3. The summed E-state index contributed by atoms with van der Waals surface area (Å²) in [6.07, 6.45) is 6.46. The van der Waals surface area contributed by atoms with Crippen LogP contribution in [0.3, 0.4) is 0 Å². The van der Waals surface area contributed by atoms with Gasteiger partial charge in [0.15, 0.2) is 0 Å². The summed E-state index contributed by atoms with van der Waals surface area (Å²) in [5.74, 6) is 1.20. The predicted octanol–water partition coefficient (Wildman–Crippen LogP) is 4.16. The van der Waals surface area contributed by atoms with E-state index in [0.717, 1.165) is 16.8 Å². The minimum atomic E-state index is -0.194. The van der Waals surface area contributed by atoms with E-state index < -0.39 is 0 Å². The second-order valence-corrected chi connectivity index (χ2v) is 7.28. The van der Waals surface area contributed by atoms with Crippen LogP contribution in [0, 0.1) is 17.3 Å². The van der Waals surface area contributed by atoms with E-state index in [9.17, 15) is 4.79 Å². The van der Waals surface area contributed by atoms with Gasteiger partial charge in [-0.1, -0.05) is 32.1 Å². The number of nitrogens with zero attached hydrogens (tertiary/aromatic N) is 1. The monoisotopic (exact) mass is 346 g/mol. The molecule has 0 aromatic heterocycles. The Kier molecular flexibility index (Phi) is 3.74. The highest BCUT2D eigenvalue weighted by Gasteiger charge is 2.50. The minimum absolute atomic E-state index is 0.194. The third kappa shape index (κ3) is 2.57. The molecule has 1 N–H and O–H groups in total. The van der Waals surface area contributed by atoms with Gasteiger partial charge < -0.3 is 0 Å². The molecule has 0 spiro atoms. The minimum Gasteiger partial charge on any atom is -0.267 e. The number of carbonyl (C=O) groups excluding carboxylic acids is 1. The fourth-order valence-corrected chi connectivity index (χ4v) is 3.88. The number of fused-ring (bicyclic) bond motifs is 1. The fourth-order valence-electron chi connectivity index (χ4n) is 3.42. The van der Waals surface area contributed by atoms with Gasteiger partial charge in [-0.3, -0.25) is 4.79 Å². The molecular formula is C17H19BrN2O. The summed E-state index contributed by atoms with van der Waals surface area (Å²) >= 11 is 3.37. The molecule has 3 nitrogen and oxygen atoms in total. The maximum absolute atomic E-state index is 12.1. The summed E-state index contributed by atoms with van der Waals surface area (Å²) < 4.78 is 0.776. The molecule has 1 fully saturated rings. The standard InChI is InChI=1S/C17H19BrN2O/c1-17(2)12-8-7-11(14(17)9-12)10-19-20-16(21)13-5-3-4-6-15(13)18/h3-7,10,12,14H,8-9H2,1-2H3,(H,20,21)/b19-10-/t12-,14-/m0/s1. The van der Waals surface area contributed by atoms with E-state index in [4.69, 9.17) is 0 Å². The molecule has 4 heteroatoms. The summed E-state index contributed by atoms with van der Waals surface area (Å²) in [6, 6.07) is 7.34. The number of nitrogens with one attached hydrogen (secondary N) is 1. The number of rotatable bonds is 3. The molecule has 110 valence electrons. The van der Waals surface area contributed by atoms with Gasteiger partial charge in [0.25, 0.3) is 5.91 Å². The van der Waals surface area contributed by atoms with Crippen LogP contribution in [-0.4, -0.2) is 12.1 Å². The number of hydrazone groups is 1. The average molecular weight is 347 g/mol. The lowest BCUT2D eigenvalue weighted by molar-refractivity contribution is -0.00126. The zero-order valence-corrected chi connectivity index (χ0v) is 13.9.